The molecule has 0 saturated heterocycles. The summed E-state index contributed by atoms with van der Waals surface area (Å²) in [5.74, 6) is 2.40. The van der Waals surface area contributed by atoms with E-state index in [4.69, 9.17) is 6.42 Å². The molecule has 0 radical (unpaired) electrons. The predicted molar refractivity (Wildman–Crippen MR) is 83.7 cm³/mol. The van der Waals surface area contributed by atoms with Crippen LogP contribution in [-0.4, -0.2) is 16.7 Å². The first-order valence-electron chi connectivity index (χ1n) is 6.64. The van der Waals surface area contributed by atoms with E-state index in [1.807, 2.05) is 6.07 Å². The van der Waals surface area contributed by atoms with Crippen LogP contribution < -0.4 is 0 Å². The summed E-state index contributed by atoms with van der Waals surface area (Å²) in [6.45, 7) is 0. The zero-order chi connectivity index (χ0) is 15.1. The second-order valence-electron chi connectivity index (χ2n) is 4.50. The van der Waals surface area contributed by atoms with Crippen molar-refractivity contribution < 1.29 is 9.53 Å². The lowest BCUT2D eigenvalue weighted by Crippen LogP contribution is -2.06. The normalized spacial score (nSPS) is 10.9. The largest absolute Gasteiger partial charge is 0.618 e. The number of hydrogen-bond donors (Lipinski definition) is 0. The van der Waals surface area contributed by atoms with Gasteiger partial charge in [-0.15, -0.1) is 12.3 Å². The van der Waals surface area contributed by atoms with Crippen molar-refractivity contribution >= 4 is 17.7 Å². The maximum atomic E-state index is 12.1. The number of nitrogens with zero attached hydrogens (tertiary/aromatic N) is 1. The van der Waals surface area contributed by atoms with Gasteiger partial charge in [0, 0.05) is 30.5 Å². The second-order valence-corrected chi connectivity index (χ2v) is 4.50. The van der Waals surface area contributed by atoms with Crippen molar-refractivity contribution in [3.8, 4) is 12.3 Å². The molecule has 0 aliphatic heterocycles. The lowest BCUT2D eigenvalue weighted by atomic mass is 10.0. The molecule has 0 saturated carbocycles. The van der Waals surface area contributed by atoms with Crippen molar-refractivity contribution in [1.29, 1.82) is 0 Å². The van der Waals surface area contributed by atoms with E-state index >= 15 is 0 Å². The average molecular weight is 277 g/mol. The van der Waals surface area contributed by atoms with E-state index in [2.05, 4.69) is 5.92 Å². The van der Waals surface area contributed by atoms with Gasteiger partial charge < -0.3 is 5.21 Å². The number of terminal acetylenes is 1. The van der Waals surface area contributed by atoms with Crippen LogP contribution in [0.25, 0.3) is 0 Å². The first-order valence-corrected chi connectivity index (χ1v) is 6.64. The monoisotopic (exact) mass is 277 g/mol. The molecule has 3 heteroatoms. The molecule has 3 nitrogen and oxygen atoms in total. The van der Waals surface area contributed by atoms with Gasteiger partial charge in [-0.1, -0.05) is 36.4 Å². The second kappa shape index (κ2) is 7.06. The van der Waals surface area contributed by atoms with Gasteiger partial charge in [-0.25, -0.2) is 0 Å². The Hall–Kier alpha value is -2.86. The molecule has 0 bridgehead atoms. The van der Waals surface area contributed by atoms with Crippen molar-refractivity contribution in [2.45, 2.75) is 12.8 Å². The van der Waals surface area contributed by atoms with Gasteiger partial charge in [0.15, 0.2) is 12.0 Å². The number of ketones is 1. The number of para-hydroxylation sites is 1. The lowest BCUT2D eigenvalue weighted by Gasteiger charge is -2.06. The molecular weight excluding hydrogens is 262 g/mol. The predicted octanol–water partition coefficient (Wildman–Crippen LogP) is 3.54. The fraction of sp³-hybridized carbons (Fsp3) is 0.111. The Morgan fingerprint density at radius 1 is 1.14 bits per heavy atom. The van der Waals surface area contributed by atoms with E-state index in [9.17, 15) is 10.0 Å². The highest BCUT2D eigenvalue weighted by Crippen LogP contribution is 2.13. The molecule has 0 aliphatic rings. The van der Waals surface area contributed by atoms with Crippen molar-refractivity contribution in [2.75, 3.05) is 0 Å². The molecule has 2 aromatic rings. The molecule has 0 aliphatic carbocycles. The fourth-order valence-corrected chi connectivity index (χ4v) is 1.96. The van der Waals surface area contributed by atoms with E-state index in [1.165, 1.54) is 6.21 Å². The van der Waals surface area contributed by atoms with Gasteiger partial charge in [-0.2, -0.15) is 4.74 Å². The Morgan fingerprint density at radius 2 is 1.81 bits per heavy atom. The highest BCUT2D eigenvalue weighted by Gasteiger charge is 2.11. The molecule has 0 heterocycles. The lowest BCUT2D eigenvalue weighted by molar-refractivity contribution is -0.354. The van der Waals surface area contributed by atoms with Gasteiger partial charge in [0.25, 0.3) is 0 Å². The minimum Gasteiger partial charge on any atom is -0.618 e. The Morgan fingerprint density at radius 3 is 2.52 bits per heavy atom. The van der Waals surface area contributed by atoms with Gasteiger partial charge >= 0.3 is 0 Å². The van der Waals surface area contributed by atoms with E-state index in [-0.39, 0.29) is 12.2 Å². The van der Waals surface area contributed by atoms with Crippen LogP contribution in [0.5, 0.6) is 0 Å². The zero-order valence-electron chi connectivity index (χ0n) is 11.5. The summed E-state index contributed by atoms with van der Waals surface area (Å²) in [7, 11) is 0. The number of hydrogen-bond acceptors (Lipinski definition) is 2. The van der Waals surface area contributed by atoms with Crippen LogP contribution in [0.2, 0.25) is 0 Å². The first kappa shape index (κ1) is 14.5. The number of carbonyl (C=O) groups is 1. The Bertz CT molecular complexity index is 697. The smallest absolute Gasteiger partial charge is 0.216 e. The summed E-state index contributed by atoms with van der Waals surface area (Å²) < 4.78 is 0.757. The zero-order valence-corrected chi connectivity index (χ0v) is 11.5. The molecule has 0 atom stereocenters. The number of rotatable bonds is 5. The average Bonchev–Trinajstić information content (AvgIpc) is 2.54. The number of carbonyl (C=O) groups excluding carboxylic acids is 1. The maximum Gasteiger partial charge on any atom is 0.216 e. The molecule has 0 aromatic heterocycles. The molecule has 0 unspecified atom stereocenters. The molecule has 2 aromatic carbocycles. The van der Waals surface area contributed by atoms with Crippen molar-refractivity contribution in [2.24, 2.45) is 0 Å². The van der Waals surface area contributed by atoms with E-state index in [1.54, 1.807) is 48.5 Å². The molecule has 0 N–H and O–H groups in total. The SMILES string of the molecule is C#CCCC(=O)c1ccccc1/C=[N+](/[O-])c1ccccc1. The van der Waals surface area contributed by atoms with Crippen LogP contribution in [0.1, 0.15) is 28.8 Å². The third-order valence-corrected chi connectivity index (χ3v) is 3.02. The van der Waals surface area contributed by atoms with Crippen LogP contribution in [-0.2, 0) is 0 Å². The third-order valence-electron chi connectivity index (χ3n) is 3.02. The van der Waals surface area contributed by atoms with E-state index in [0.717, 1.165) is 4.74 Å². The highest BCUT2D eigenvalue weighted by atomic mass is 16.5. The molecule has 2 rings (SSSR count). The van der Waals surface area contributed by atoms with Crippen molar-refractivity contribution in [1.82, 2.24) is 0 Å². The van der Waals surface area contributed by atoms with Crippen LogP contribution >= 0.6 is 0 Å². The standard InChI is InChI=1S/C18H15NO2/c1-2-3-13-18(20)17-12-8-7-9-15(17)14-19(21)16-10-5-4-6-11-16/h1,4-12,14H,3,13H2/b19-14+. The Labute approximate surface area is 124 Å². The minimum absolute atomic E-state index is 0.0544. The van der Waals surface area contributed by atoms with E-state index < -0.39 is 0 Å². The summed E-state index contributed by atoms with van der Waals surface area (Å²) in [6.07, 6.45) is 7.28. The quantitative estimate of drug-likeness (QED) is 0.209. The van der Waals surface area contributed by atoms with Crippen molar-refractivity contribution in [3.05, 3.63) is 70.9 Å². The summed E-state index contributed by atoms with van der Waals surface area (Å²) in [5.41, 5.74) is 1.63. The highest BCUT2D eigenvalue weighted by molar-refractivity contribution is 6.03. The van der Waals surface area contributed by atoms with Gasteiger partial charge in [0.2, 0.25) is 5.69 Å². The maximum absolute atomic E-state index is 12.1. The van der Waals surface area contributed by atoms with Crippen LogP contribution in [0, 0.1) is 17.6 Å². The Kier molecular flexibility index (Phi) is 4.89. The molecular formula is C18H15NO2. The van der Waals surface area contributed by atoms with Crippen LogP contribution in [0.15, 0.2) is 54.6 Å². The summed E-state index contributed by atoms with van der Waals surface area (Å²) in [4.78, 5) is 12.1. The molecule has 21 heavy (non-hydrogen) atoms. The van der Waals surface area contributed by atoms with Gasteiger partial charge in [0.05, 0.1) is 5.56 Å². The van der Waals surface area contributed by atoms with Gasteiger partial charge in [-0.3, -0.25) is 4.79 Å². The molecule has 0 amide bonds. The molecule has 0 spiro atoms. The van der Waals surface area contributed by atoms with Gasteiger partial charge in [0.1, 0.15) is 0 Å². The summed E-state index contributed by atoms with van der Waals surface area (Å²) in [6, 6.07) is 15.9. The van der Waals surface area contributed by atoms with E-state index in [0.29, 0.717) is 23.2 Å². The van der Waals surface area contributed by atoms with Crippen LogP contribution in [0.3, 0.4) is 0 Å². The fourth-order valence-electron chi connectivity index (χ4n) is 1.96. The first-order chi connectivity index (χ1) is 10.2. The van der Waals surface area contributed by atoms with Crippen LogP contribution in [0.4, 0.5) is 5.69 Å². The van der Waals surface area contributed by atoms with Gasteiger partial charge in [-0.05, 0) is 6.07 Å². The topological polar surface area (TPSA) is 43.1 Å². The van der Waals surface area contributed by atoms with Crippen molar-refractivity contribution in [3.63, 3.8) is 0 Å². The Balaban J connectivity index is 2.33. The molecule has 104 valence electrons. The number of Topliss-reactive ketones (excluding diaryl/α,β-unsaturated/α-hetero) is 1. The number of benzene rings is 2. The minimum atomic E-state index is -0.0544. The third kappa shape index (κ3) is 3.80. The summed E-state index contributed by atoms with van der Waals surface area (Å²) >= 11 is 0. The summed E-state index contributed by atoms with van der Waals surface area (Å²) in [5, 5.41) is 12.1. The molecule has 0 fully saturated rings.